The quantitative estimate of drug-likeness (QED) is 0.762. The molecule has 0 aromatic heterocycles. The minimum atomic E-state index is -1.12. The van der Waals surface area contributed by atoms with E-state index in [1.807, 2.05) is 18.2 Å². The molecule has 1 aromatic rings. The maximum Gasteiger partial charge on any atom is 0.323 e. The Kier molecular flexibility index (Phi) is 4.09. The first kappa shape index (κ1) is 14.5. The summed E-state index contributed by atoms with van der Waals surface area (Å²) < 4.78 is 0. The molecule has 0 heterocycles. The highest BCUT2D eigenvalue weighted by Gasteiger charge is 2.26. The van der Waals surface area contributed by atoms with Crippen molar-refractivity contribution in [3.8, 4) is 0 Å². The van der Waals surface area contributed by atoms with Crippen molar-refractivity contribution in [3.05, 3.63) is 29.3 Å². The van der Waals surface area contributed by atoms with Crippen LogP contribution in [0.1, 0.15) is 31.4 Å². The van der Waals surface area contributed by atoms with Crippen molar-refractivity contribution in [2.24, 2.45) is 0 Å². The Morgan fingerprint density at radius 1 is 1.25 bits per heavy atom. The number of amides is 1. The molecule has 5 heteroatoms. The molecule has 2 rings (SSSR count). The standard InChI is InChI=1S/C15H20N2O3/c1-15(2,14(19)20)16-9-13(18)17-12-7-6-10-4-3-5-11(10)8-12/h6-8,16H,3-5,9H2,1-2H3,(H,17,18)(H,19,20). The monoisotopic (exact) mass is 276 g/mol. The Labute approximate surface area is 118 Å². The molecule has 0 spiro atoms. The largest absolute Gasteiger partial charge is 0.480 e. The van der Waals surface area contributed by atoms with E-state index in [0.717, 1.165) is 18.5 Å². The maximum absolute atomic E-state index is 11.8. The summed E-state index contributed by atoms with van der Waals surface area (Å²) in [5.41, 5.74) is 2.30. The average Bonchev–Trinajstić information content (AvgIpc) is 2.83. The molecular formula is C15H20N2O3. The number of aryl methyl sites for hydroxylation is 2. The van der Waals surface area contributed by atoms with E-state index in [4.69, 9.17) is 5.11 Å². The van der Waals surface area contributed by atoms with E-state index in [2.05, 4.69) is 10.6 Å². The summed E-state index contributed by atoms with van der Waals surface area (Å²) in [6, 6.07) is 5.94. The number of nitrogens with one attached hydrogen (secondary N) is 2. The molecule has 1 amide bonds. The van der Waals surface area contributed by atoms with Crippen molar-refractivity contribution in [2.45, 2.75) is 38.6 Å². The highest BCUT2D eigenvalue weighted by molar-refractivity contribution is 5.93. The van der Waals surface area contributed by atoms with Crippen LogP contribution in [0.25, 0.3) is 0 Å². The third-order valence-corrected chi connectivity index (χ3v) is 3.61. The highest BCUT2D eigenvalue weighted by atomic mass is 16.4. The van der Waals surface area contributed by atoms with Gasteiger partial charge in [-0.15, -0.1) is 0 Å². The fraction of sp³-hybridized carbons (Fsp3) is 0.467. The van der Waals surface area contributed by atoms with Gasteiger partial charge in [-0.1, -0.05) is 6.07 Å². The second-order valence-corrected chi connectivity index (χ2v) is 5.67. The molecule has 1 aliphatic rings. The molecule has 3 N–H and O–H groups in total. The fourth-order valence-electron chi connectivity index (χ4n) is 2.23. The van der Waals surface area contributed by atoms with E-state index < -0.39 is 11.5 Å². The summed E-state index contributed by atoms with van der Waals surface area (Å²) in [7, 11) is 0. The number of aliphatic carboxylic acids is 1. The molecule has 0 atom stereocenters. The molecule has 1 aromatic carbocycles. The second-order valence-electron chi connectivity index (χ2n) is 5.67. The van der Waals surface area contributed by atoms with Crippen molar-refractivity contribution >= 4 is 17.6 Å². The highest BCUT2D eigenvalue weighted by Crippen LogP contribution is 2.24. The third-order valence-electron chi connectivity index (χ3n) is 3.61. The number of carbonyl (C=O) groups is 2. The van der Waals surface area contributed by atoms with E-state index in [-0.39, 0.29) is 12.5 Å². The van der Waals surface area contributed by atoms with Crippen molar-refractivity contribution in [1.82, 2.24) is 5.32 Å². The Bertz CT molecular complexity index is 538. The average molecular weight is 276 g/mol. The summed E-state index contributed by atoms with van der Waals surface area (Å²) in [5.74, 6) is -1.22. The summed E-state index contributed by atoms with van der Waals surface area (Å²) in [5, 5.41) is 14.5. The second kappa shape index (κ2) is 5.63. The number of rotatable bonds is 5. The number of fused-ring (bicyclic) bond motifs is 1. The first-order valence-electron chi connectivity index (χ1n) is 6.78. The fourth-order valence-corrected chi connectivity index (χ4v) is 2.23. The van der Waals surface area contributed by atoms with Gasteiger partial charge in [-0.2, -0.15) is 0 Å². The molecule has 108 valence electrons. The van der Waals surface area contributed by atoms with Crippen LogP contribution in [0.15, 0.2) is 18.2 Å². The molecule has 1 aliphatic carbocycles. The molecule has 0 bridgehead atoms. The van der Waals surface area contributed by atoms with Gasteiger partial charge in [0.1, 0.15) is 5.54 Å². The zero-order valence-electron chi connectivity index (χ0n) is 11.8. The molecule has 0 aliphatic heterocycles. The normalized spacial score (nSPS) is 13.9. The van der Waals surface area contributed by atoms with Crippen LogP contribution in [-0.2, 0) is 22.4 Å². The van der Waals surface area contributed by atoms with Gasteiger partial charge in [0, 0.05) is 5.69 Å². The minimum Gasteiger partial charge on any atom is -0.480 e. The lowest BCUT2D eigenvalue weighted by molar-refractivity contribution is -0.143. The Morgan fingerprint density at radius 2 is 1.95 bits per heavy atom. The minimum absolute atomic E-state index is 0.0314. The van der Waals surface area contributed by atoms with Gasteiger partial charge in [0.25, 0.3) is 0 Å². The predicted molar refractivity (Wildman–Crippen MR) is 76.8 cm³/mol. The van der Waals surface area contributed by atoms with Crippen molar-refractivity contribution in [1.29, 1.82) is 0 Å². The van der Waals surface area contributed by atoms with Gasteiger partial charge in [-0.3, -0.25) is 14.9 Å². The van der Waals surface area contributed by atoms with E-state index in [0.29, 0.717) is 0 Å². The number of benzene rings is 1. The molecule has 0 radical (unpaired) electrons. The topological polar surface area (TPSA) is 78.4 Å². The number of carboxylic acids is 1. The van der Waals surface area contributed by atoms with Crippen LogP contribution < -0.4 is 10.6 Å². The molecule has 5 nitrogen and oxygen atoms in total. The zero-order chi connectivity index (χ0) is 14.8. The van der Waals surface area contributed by atoms with Crippen LogP contribution in [0.5, 0.6) is 0 Å². The summed E-state index contributed by atoms with van der Waals surface area (Å²) in [6.45, 7) is 3.02. The van der Waals surface area contributed by atoms with Gasteiger partial charge >= 0.3 is 5.97 Å². The van der Waals surface area contributed by atoms with E-state index in [1.54, 1.807) is 0 Å². The number of hydrogen-bond donors (Lipinski definition) is 3. The molecule has 0 fully saturated rings. The number of carbonyl (C=O) groups excluding carboxylic acids is 1. The van der Waals surface area contributed by atoms with Crippen LogP contribution in [0.4, 0.5) is 5.69 Å². The van der Waals surface area contributed by atoms with Crippen molar-refractivity contribution in [3.63, 3.8) is 0 Å². The van der Waals surface area contributed by atoms with Crippen LogP contribution in [0, 0.1) is 0 Å². The first-order valence-corrected chi connectivity index (χ1v) is 6.78. The Morgan fingerprint density at radius 3 is 2.65 bits per heavy atom. The van der Waals surface area contributed by atoms with Gasteiger partial charge in [-0.05, 0) is 56.4 Å². The van der Waals surface area contributed by atoms with E-state index >= 15 is 0 Å². The lowest BCUT2D eigenvalue weighted by Gasteiger charge is -2.20. The van der Waals surface area contributed by atoms with Crippen molar-refractivity contribution < 1.29 is 14.7 Å². The number of carboxylic acid groups (broad SMARTS) is 1. The third kappa shape index (κ3) is 3.36. The van der Waals surface area contributed by atoms with Crippen LogP contribution in [0.2, 0.25) is 0 Å². The van der Waals surface area contributed by atoms with Gasteiger partial charge in [0.15, 0.2) is 0 Å². The summed E-state index contributed by atoms with van der Waals surface area (Å²) >= 11 is 0. The van der Waals surface area contributed by atoms with Gasteiger partial charge in [0.05, 0.1) is 6.54 Å². The van der Waals surface area contributed by atoms with Gasteiger partial charge in [-0.25, -0.2) is 0 Å². The Hall–Kier alpha value is -1.88. The molecule has 20 heavy (non-hydrogen) atoms. The van der Waals surface area contributed by atoms with Gasteiger partial charge in [0.2, 0.25) is 5.91 Å². The van der Waals surface area contributed by atoms with E-state index in [1.165, 1.54) is 31.4 Å². The predicted octanol–water partition coefficient (Wildman–Crippen LogP) is 1.57. The number of hydrogen-bond acceptors (Lipinski definition) is 3. The van der Waals surface area contributed by atoms with Crippen LogP contribution >= 0.6 is 0 Å². The van der Waals surface area contributed by atoms with Crippen LogP contribution in [0.3, 0.4) is 0 Å². The molecular weight excluding hydrogens is 256 g/mol. The lowest BCUT2D eigenvalue weighted by Crippen LogP contribution is -2.49. The molecule has 0 saturated heterocycles. The summed E-state index contributed by atoms with van der Waals surface area (Å²) in [6.07, 6.45) is 3.34. The smallest absolute Gasteiger partial charge is 0.323 e. The van der Waals surface area contributed by atoms with Gasteiger partial charge < -0.3 is 10.4 Å². The van der Waals surface area contributed by atoms with E-state index in [9.17, 15) is 9.59 Å². The summed E-state index contributed by atoms with van der Waals surface area (Å²) in [4.78, 5) is 22.7. The maximum atomic E-state index is 11.8. The van der Waals surface area contributed by atoms with Crippen molar-refractivity contribution in [2.75, 3.05) is 11.9 Å². The molecule has 0 saturated carbocycles. The van der Waals surface area contributed by atoms with Crippen LogP contribution in [-0.4, -0.2) is 29.1 Å². The lowest BCUT2D eigenvalue weighted by atomic mass is 10.1. The number of anilines is 1. The Balaban J connectivity index is 1.90. The zero-order valence-corrected chi connectivity index (χ0v) is 11.8. The first-order chi connectivity index (χ1) is 9.38. The SMILES string of the molecule is CC(C)(NCC(=O)Nc1ccc2c(c1)CCC2)C(=O)O. The molecule has 0 unspecified atom stereocenters.